The molecule has 0 saturated carbocycles. The van der Waals surface area contributed by atoms with Gasteiger partial charge in [0.25, 0.3) is 0 Å². The van der Waals surface area contributed by atoms with E-state index in [0.717, 1.165) is 18.9 Å². The summed E-state index contributed by atoms with van der Waals surface area (Å²) in [5, 5.41) is -0.502. The Labute approximate surface area is 99.5 Å². The molecule has 0 bridgehead atoms. The SMILES string of the molecule is C=C(Cl)/C(=C\C(=C)C(C)CCC)C(F)(F)F. The van der Waals surface area contributed by atoms with Gasteiger partial charge in [-0.1, -0.05) is 50.6 Å². The van der Waals surface area contributed by atoms with Crippen LogP contribution < -0.4 is 0 Å². The van der Waals surface area contributed by atoms with Crippen LogP contribution in [0.25, 0.3) is 0 Å². The number of allylic oxidation sites excluding steroid dienone is 4. The molecular formula is C12H16ClF3. The van der Waals surface area contributed by atoms with Gasteiger partial charge in [-0.15, -0.1) is 0 Å². The summed E-state index contributed by atoms with van der Waals surface area (Å²) < 4.78 is 37.6. The van der Waals surface area contributed by atoms with Gasteiger partial charge in [0.05, 0.1) is 5.57 Å². The Morgan fingerprint density at radius 1 is 1.38 bits per heavy atom. The molecule has 0 spiro atoms. The van der Waals surface area contributed by atoms with Crippen LogP contribution in [0.15, 0.2) is 35.4 Å². The fraction of sp³-hybridized carbons (Fsp3) is 0.500. The van der Waals surface area contributed by atoms with Crippen LogP contribution in [0.4, 0.5) is 13.2 Å². The predicted octanol–water partition coefficient (Wildman–Crippen LogP) is 5.22. The van der Waals surface area contributed by atoms with Gasteiger partial charge in [0, 0.05) is 5.03 Å². The van der Waals surface area contributed by atoms with Crippen molar-refractivity contribution >= 4 is 11.6 Å². The van der Waals surface area contributed by atoms with Crippen molar-refractivity contribution in [3.63, 3.8) is 0 Å². The molecule has 1 atom stereocenters. The molecule has 0 aliphatic rings. The summed E-state index contributed by atoms with van der Waals surface area (Å²) in [5.41, 5.74) is -0.488. The van der Waals surface area contributed by atoms with Crippen LogP contribution in [0.3, 0.4) is 0 Å². The molecule has 0 rings (SSSR count). The molecule has 0 aromatic heterocycles. The van der Waals surface area contributed by atoms with Crippen LogP contribution in [-0.4, -0.2) is 6.18 Å². The number of halogens is 4. The lowest BCUT2D eigenvalue weighted by Gasteiger charge is -2.14. The number of hydrogen-bond acceptors (Lipinski definition) is 0. The molecule has 92 valence electrons. The average Bonchev–Trinajstić information content (AvgIpc) is 2.11. The lowest BCUT2D eigenvalue weighted by Crippen LogP contribution is -2.13. The zero-order valence-electron chi connectivity index (χ0n) is 9.49. The van der Waals surface area contributed by atoms with Crippen molar-refractivity contribution in [2.75, 3.05) is 0 Å². The Morgan fingerprint density at radius 3 is 2.19 bits per heavy atom. The highest BCUT2D eigenvalue weighted by molar-refractivity contribution is 6.31. The molecule has 0 nitrogen and oxygen atoms in total. The molecule has 0 aromatic rings. The van der Waals surface area contributed by atoms with E-state index < -0.39 is 16.8 Å². The third-order valence-corrected chi connectivity index (χ3v) is 2.49. The van der Waals surface area contributed by atoms with Gasteiger partial charge in [-0.3, -0.25) is 0 Å². The van der Waals surface area contributed by atoms with Gasteiger partial charge in [-0.05, 0) is 18.4 Å². The monoisotopic (exact) mass is 252 g/mol. The maximum atomic E-state index is 12.5. The van der Waals surface area contributed by atoms with E-state index in [1.54, 1.807) is 0 Å². The van der Waals surface area contributed by atoms with Gasteiger partial charge in [0.2, 0.25) is 0 Å². The van der Waals surface area contributed by atoms with E-state index in [9.17, 15) is 13.2 Å². The van der Waals surface area contributed by atoms with E-state index in [-0.39, 0.29) is 5.92 Å². The summed E-state index contributed by atoms with van der Waals surface area (Å²) in [4.78, 5) is 0. The predicted molar refractivity (Wildman–Crippen MR) is 62.3 cm³/mol. The van der Waals surface area contributed by atoms with Crippen molar-refractivity contribution in [1.82, 2.24) is 0 Å². The second-order valence-corrected chi connectivity index (χ2v) is 4.18. The van der Waals surface area contributed by atoms with Gasteiger partial charge in [0.15, 0.2) is 0 Å². The Bertz CT molecular complexity index is 300. The van der Waals surface area contributed by atoms with Crippen LogP contribution in [0.2, 0.25) is 0 Å². The van der Waals surface area contributed by atoms with E-state index in [4.69, 9.17) is 11.6 Å². The average molecular weight is 253 g/mol. The molecule has 0 aromatic carbocycles. The fourth-order valence-corrected chi connectivity index (χ4v) is 1.42. The maximum Gasteiger partial charge on any atom is 0.417 e. The molecule has 1 unspecified atom stereocenters. The quantitative estimate of drug-likeness (QED) is 0.589. The standard InChI is InChI=1S/C12H16ClF3/c1-5-6-8(2)9(3)7-11(10(4)13)12(14,15)16/h7-8H,3-6H2,1-2H3/b11-7+. The zero-order chi connectivity index (χ0) is 12.9. The Kier molecular flexibility index (Phi) is 5.87. The first-order chi connectivity index (χ1) is 7.20. The van der Waals surface area contributed by atoms with E-state index in [2.05, 4.69) is 13.2 Å². The number of rotatable bonds is 5. The molecular weight excluding hydrogens is 237 g/mol. The zero-order valence-corrected chi connectivity index (χ0v) is 10.3. The van der Waals surface area contributed by atoms with Gasteiger partial charge >= 0.3 is 6.18 Å². The number of alkyl halides is 3. The molecule has 0 aliphatic carbocycles. The summed E-state index contributed by atoms with van der Waals surface area (Å²) in [6, 6.07) is 0. The molecule has 0 heterocycles. The van der Waals surface area contributed by atoms with E-state index in [0.29, 0.717) is 5.57 Å². The summed E-state index contributed by atoms with van der Waals surface area (Å²) in [6.45, 7) is 10.6. The molecule has 0 N–H and O–H groups in total. The van der Waals surface area contributed by atoms with Crippen LogP contribution in [0, 0.1) is 5.92 Å². The minimum Gasteiger partial charge on any atom is -0.166 e. The Morgan fingerprint density at radius 2 is 1.88 bits per heavy atom. The molecule has 4 heteroatoms. The van der Waals surface area contributed by atoms with E-state index in [1.807, 2.05) is 13.8 Å². The van der Waals surface area contributed by atoms with Crippen LogP contribution in [-0.2, 0) is 0 Å². The van der Waals surface area contributed by atoms with Crippen molar-refractivity contribution in [2.24, 2.45) is 5.92 Å². The summed E-state index contributed by atoms with van der Waals surface area (Å²) in [6.07, 6.45) is -1.80. The molecule has 0 amide bonds. The van der Waals surface area contributed by atoms with Crippen molar-refractivity contribution in [3.8, 4) is 0 Å². The van der Waals surface area contributed by atoms with Crippen LogP contribution >= 0.6 is 11.6 Å². The topological polar surface area (TPSA) is 0 Å². The van der Waals surface area contributed by atoms with Crippen LogP contribution in [0.5, 0.6) is 0 Å². The van der Waals surface area contributed by atoms with Crippen LogP contribution in [0.1, 0.15) is 26.7 Å². The summed E-state index contributed by atoms with van der Waals surface area (Å²) in [7, 11) is 0. The van der Waals surface area contributed by atoms with Crippen molar-refractivity contribution in [2.45, 2.75) is 32.9 Å². The first-order valence-corrected chi connectivity index (χ1v) is 5.40. The summed E-state index contributed by atoms with van der Waals surface area (Å²) >= 11 is 5.33. The van der Waals surface area contributed by atoms with Gasteiger partial charge in [-0.25, -0.2) is 0 Å². The van der Waals surface area contributed by atoms with Gasteiger partial charge < -0.3 is 0 Å². The minimum absolute atomic E-state index is 0.0124. The smallest absolute Gasteiger partial charge is 0.166 e. The van der Waals surface area contributed by atoms with E-state index in [1.165, 1.54) is 0 Å². The first-order valence-electron chi connectivity index (χ1n) is 5.02. The second kappa shape index (κ2) is 6.14. The second-order valence-electron chi connectivity index (χ2n) is 3.73. The highest BCUT2D eigenvalue weighted by Crippen LogP contribution is 2.34. The fourth-order valence-electron chi connectivity index (χ4n) is 1.26. The lowest BCUT2D eigenvalue weighted by molar-refractivity contribution is -0.0886. The molecule has 0 fully saturated rings. The maximum absolute atomic E-state index is 12.5. The Hall–Kier alpha value is -0.700. The summed E-state index contributed by atoms with van der Waals surface area (Å²) in [5.74, 6) is 0.0124. The van der Waals surface area contributed by atoms with Gasteiger partial charge in [0.1, 0.15) is 0 Å². The molecule has 0 aliphatic heterocycles. The number of hydrogen-bond donors (Lipinski definition) is 0. The minimum atomic E-state index is -4.48. The normalized spacial score (nSPS) is 14.8. The van der Waals surface area contributed by atoms with Crippen molar-refractivity contribution < 1.29 is 13.2 Å². The molecule has 16 heavy (non-hydrogen) atoms. The molecule has 0 saturated heterocycles. The van der Waals surface area contributed by atoms with Gasteiger partial charge in [-0.2, -0.15) is 13.2 Å². The largest absolute Gasteiger partial charge is 0.417 e. The third kappa shape index (κ3) is 4.88. The molecule has 0 radical (unpaired) electrons. The van der Waals surface area contributed by atoms with Crippen molar-refractivity contribution in [1.29, 1.82) is 0 Å². The lowest BCUT2D eigenvalue weighted by atomic mass is 9.95. The Balaban J connectivity index is 4.95. The highest BCUT2D eigenvalue weighted by Gasteiger charge is 2.35. The van der Waals surface area contributed by atoms with Crippen molar-refractivity contribution in [3.05, 3.63) is 35.4 Å². The third-order valence-electron chi connectivity index (χ3n) is 2.28. The highest BCUT2D eigenvalue weighted by atomic mass is 35.5. The first kappa shape index (κ1) is 15.3. The van der Waals surface area contributed by atoms with E-state index >= 15 is 0 Å².